The average molecular weight is 325 g/mol. The van der Waals surface area contributed by atoms with Crippen LogP contribution in [0.4, 0.5) is 0 Å². The molecule has 0 saturated heterocycles. The van der Waals surface area contributed by atoms with Crippen LogP contribution in [0.5, 0.6) is 5.75 Å². The van der Waals surface area contributed by atoms with Crippen molar-refractivity contribution in [2.24, 2.45) is 0 Å². The molecule has 0 unspecified atom stereocenters. The number of hydrogen-bond donors (Lipinski definition) is 1. The van der Waals surface area contributed by atoms with Gasteiger partial charge in [-0.2, -0.15) is 0 Å². The fourth-order valence-electron chi connectivity index (χ4n) is 3.06. The summed E-state index contributed by atoms with van der Waals surface area (Å²) in [6.07, 6.45) is 9.63. The van der Waals surface area contributed by atoms with Crippen molar-refractivity contribution in [3.05, 3.63) is 54.1 Å². The number of carbonyl (C=O) groups is 1. The minimum atomic E-state index is 0.0775. The summed E-state index contributed by atoms with van der Waals surface area (Å²) in [5.41, 5.74) is 1.91. The monoisotopic (exact) mass is 325 g/mol. The van der Waals surface area contributed by atoms with Gasteiger partial charge in [-0.3, -0.25) is 14.8 Å². The SMILES string of the molecule is Cc1ncccc1OC1CCC(NC(=O)Cc2ccncc2)CC1. The lowest BCUT2D eigenvalue weighted by molar-refractivity contribution is -0.121. The Hall–Kier alpha value is -2.43. The van der Waals surface area contributed by atoms with Crippen molar-refractivity contribution in [3.63, 3.8) is 0 Å². The molecule has 0 aromatic carbocycles. The molecule has 2 aromatic heterocycles. The Kier molecular flexibility index (Phi) is 5.41. The van der Waals surface area contributed by atoms with Crippen molar-refractivity contribution < 1.29 is 9.53 Å². The van der Waals surface area contributed by atoms with Gasteiger partial charge in [0.1, 0.15) is 5.75 Å². The quantitative estimate of drug-likeness (QED) is 0.918. The van der Waals surface area contributed by atoms with E-state index in [0.717, 1.165) is 42.7 Å². The van der Waals surface area contributed by atoms with Crippen LogP contribution >= 0.6 is 0 Å². The second-order valence-electron chi connectivity index (χ2n) is 6.28. The first kappa shape index (κ1) is 16.4. The summed E-state index contributed by atoms with van der Waals surface area (Å²) in [5.74, 6) is 0.941. The minimum absolute atomic E-state index is 0.0775. The van der Waals surface area contributed by atoms with Gasteiger partial charge in [0.15, 0.2) is 0 Å². The van der Waals surface area contributed by atoms with Crippen molar-refractivity contribution in [3.8, 4) is 5.75 Å². The first-order valence-corrected chi connectivity index (χ1v) is 8.47. The highest BCUT2D eigenvalue weighted by Gasteiger charge is 2.24. The third-order valence-electron chi connectivity index (χ3n) is 4.41. The molecule has 3 rings (SSSR count). The van der Waals surface area contributed by atoms with E-state index in [9.17, 15) is 4.79 Å². The van der Waals surface area contributed by atoms with Crippen molar-refractivity contribution in [1.29, 1.82) is 0 Å². The summed E-state index contributed by atoms with van der Waals surface area (Å²) < 4.78 is 6.05. The van der Waals surface area contributed by atoms with Crippen molar-refractivity contribution in [2.75, 3.05) is 0 Å². The van der Waals surface area contributed by atoms with Gasteiger partial charge in [-0.05, 0) is 62.4 Å². The molecule has 126 valence electrons. The number of aryl methyl sites for hydroxylation is 1. The highest BCUT2D eigenvalue weighted by Crippen LogP contribution is 2.25. The van der Waals surface area contributed by atoms with Gasteiger partial charge in [0.05, 0.1) is 18.2 Å². The molecular formula is C19H23N3O2. The molecule has 1 saturated carbocycles. The zero-order valence-corrected chi connectivity index (χ0v) is 13.9. The molecule has 0 bridgehead atoms. The molecule has 0 spiro atoms. The summed E-state index contributed by atoms with van der Waals surface area (Å²) in [6, 6.07) is 7.86. The summed E-state index contributed by atoms with van der Waals surface area (Å²) in [5, 5.41) is 3.14. The molecule has 0 aliphatic heterocycles. The maximum atomic E-state index is 12.1. The standard InChI is InChI=1S/C19H23N3O2/c1-14-18(3-2-10-21-14)24-17-6-4-16(5-7-17)22-19(23)13-15-8-11-20-12-9-15/h2-3,8-12,16-17H,4-7,13H2,1H3,(H,22,23). The topological polar surface area (TPSA) is 64.1 Å². The second-order valence-corrected chi connectivity index (χ2v) is 6.28. The van der Waals surface area contributed by atoms with Crippen LogP contribution in [0.2, 0.25) is 0 Å². The summed E-state index contributed by atoms with van der Waals surface area (Å²) in [4.78, 5) is 20.3. The summed E-state index contributed by atoms with van der Waals surface area (Å²) in [6.45, 7) is 1.96. The smallest absolute Gasteiger partial charge is 0.224 e. The van der Waals surface area contributed by atoms with E-state index in [2.05, 4.69) is 15.3 Å². The van der Waals surface area contributed by atoms with Gasteiger partial charge < -0.3 is 10.1 Å². The van der Waals surface area contributed by atoms with E-state index in [1.54, 1.807) is 18.6 Å². The summed E-state index contributed by atoms with van der Waals surface area (Å²) >= 11 is 0. The van der Waals surface area contributed by atoms with E-state index in [4.69, 9.17) is 4.74 Å². The Morgan fingerprint density at radius 2 is 1.92 bits per heavy atom. The normalized spacial score (nSPS) is 20.4. The Balaban J connectivity index is 1.43. The van der Waals surface area contributed by atoms with Crippen LogP contribution in [0, 0.1) is 6.92 Å². The molecular weight excluding hydrogens is 302 g/mol. The third-order valence-corrected chi connectivity index (χ3v) is 4.41. The van der Waals surface area contributed by atoms with Crippen LogP contribution in [0.3, 0.4) is 0 Å². The average Bonchev–Trinajstić information content (AvgIpc) is 2.59. The van der Waals surface area contributed by atoms with Crippen LogP contribution in [-0.4, -0.2) is 28.0 Å². The number of amides is 1. The highest BCUT2D eigenvalue weighted by molar-refractivity contribution is 5.78. The van der Waals surface area contributed by atoms with E-state index in [-0.39, 0.29) is 18.1 Å². The molecule has 2 aromatic rings. The lowest BCUT2D eigenvalue weighted by atomic mass is 9.92. The minimum Gasteiger partial charge on any atom is -0.489 e. The fraction of sp³-hybridized carbons (Fsp3) is 0.421. The molecule has 0 radical (unpaired) electrons. The Morgan fingerprint density at radius 3 is 2.62 bits per heavy atom. The van der Waals surface area contributed by atoms with E-state index in [1.165, 1.54) is 0 Å². The Labute approximate surface area is 142 Å². The van der Waals surface area contributed by atoms with Gasteiger partial charge in [-0.15, -0.1) is 0 Å². The third kappa shape index (κ3) is 4.54. The molecule has 5 heteroatoms. The predicted molar refractivity (Wildman–Crippen MR) is 91.7 cm³/mol. The van der Waals surface area contributed by atoms with Crippen molar-refractivity contribution in [2.45, 2.75) is 51.2 Å². The van der Waals surface area contributed by atoms with Gasteiger partial charge >= 0.3 is 0 Å². The molecule has 24 heavy (non-hydrogen) atoms. The molecule has 1 amide bonds. The number of rotatable bonds is 5. The van der Waals surface area contributed by atoms with E-state index in [1.807, 2.05) is 31.2 Å². The molecule has 5 nitrogen and oxygen atoms in total. The number of hydrogen-bond acceptors (Lipinski definition) is 4. The largest absolute Gasteiger partial charge is 0.489 e. The molecule has 1 fully saturated rings. The number of nitrogens with zero attached hydrogens (tertiary/aromatic N) is 2. The maximum absolute atomic E-state index is 12.1. The van der Waals surface area contributed by atoms with E-state index < -0.39 is 0 Å². The Bertz CT molecular complexity index is 667. The molecule has 0 atom stereocenters. The van der Waals surface area contributed by atoms with E-state index in [0.29, 0.717) is 6.42 Å². The van der Waals surface area contributed by atoms with Crippen LogP contribution < -0.4 is 10.1 Å². The Morgan fingerprint density at radius 1 is 1.17 bits per heavy atom. The number of ether oxygens (including phenoxy) is 1. The lowest BCUT2D eigenvalue weighted by Crippen LogP contribution is -2.40. The van der Waals surface area contributed by atoms with Crippen LogP contribution in [0.1, 0.15) is 36.9 Å². The maximum Gasteiger partial charge on any atom is 0.224 e. The zero-order valence-electron chi connectivity index (χ0n) is 13.9. The molecule has 1 N–H and O–H groups in total. The van der Waals surface area contributed by atoms with Gasteiger partial charge in [0, 0.05) is 24.6 Å². The van der Waals surface area contributed by atoms with Crippen LogP contribution in [0.25, 0.3) is 0 Å². The zero-order chi connectivity index (χ0) is 16.8. The fourth-order valence-corrected chi connectivity index (χ4v) is 3.06. The van der Waals surface area contributed by atoms with Crippen molar-refractivity contribution >= 4 is 5.91 Å². The number of aromatic nitrogens is 2. The number of nitrogens with one attached hydrogen (secondary N) is 1. The lowest BCUT2D eigenvalue weighted by Gasteiger charge is -2.29. The van der Waals surface area contributed by atoms with E-state index >= 15 is 0 Å². The molecule has 1 aliphatic carbocycles. The summed E-state index contributed by atoms with van der Waals surface area (Å²) in [7, 11) is 0. The number of pyridine rings is 2. The molecule has 2 heterocycles. The second kappa shape index (κ2) is 7.90. The van der Waals surface area contributed by atoms with Crippen LogP contribution in [-0.2, 0) is 11.2 Å². The number of carbonyl (C=O) groups excluding carboxylic acids is 1. The van der Waals surface area contributed by atoms with Gasteiger partial charge in [-0.1, -0.05) is 0 Å². The first-order chi connectivity index (χ1) is 11.7. The molecule has 1 aliphatic rings. The highest BCUT2D eigenvalue weighted by atomic mass is 16.5. The predicted octanol–water partition coefficient (Wildman–Crippen LogP) is 2.83. The van der Waals surface area contributed by atoms with Gasteiger partial charge in [0.25, 0.3) is 0 Å². The first-order valence-electron chi connectivity index (χ1n) is 8.47. The van der Waals surface area contributed by atoms with Gasteiger partial charge in [-0.25, -0.2) is 0 Å². The van der Waals surface area contributed by atoms with Crippen molar-refractivity contribution in [1.82, 2.24) is 15.3 Å². The van der Waals surface area contributed by atoms with Crippen LogP contribution in [0.15, 0.2) is 42.9 Å². The van der Waals surface area contributed by atoms with Gasteiger partial charge in [0.2, 0.25) is 5.91 Å².